The van der Waals surface area contributed by atoms with Crippen LogP contribution in [0.3, 0.4) is 0 Å². The van der Waals surface area contributed by atoms with E-state index in [4.69, 9.17) is 5.11 Å². The third kappa shape index (κ3) is 3.29. The van der Waals surface area contributed by atoms with Crippen molar-refractivity contribution in [2.45, 2.75) is 25.7 Å². The van der Waals surface area contributed by atoms with Gasteiger partial charge in [-0.3, -0.25) is 9.69 Å². The van der Waals surface area contributed by atoms with Crippen LogP contribution in [0.25, 0.3) is 0 Å². The minimum atomic E-state index is -0.825. The molecule has 0 fully saturated rings. The summed E-state index contributed by atoms with van der Waals surface area (Å²) < 4.78 is 0. The number of rotatable bonds is 4. The van der Waals surface area contributed by atoms with E-state index in [0.29, 0.717) is 13.0 Å². The number of benzene rings is 1. The Morgan fingerprint density at radius 3 is 2.85 bits per heavy atom. The SMILES string of the molecule is CN(CCCC(=O)O)C(=O)N1CCCc2ccccc21. The van der Waals surface area contributed by atoms with Crippen LogP contribution in [-0.4, -0.2) is 42.1 Å². The molecule has 1 aliphatic rings. The molecule has 0 aromatic heterocycles. The number of carboxylic acid groups (broad SMARTS) is 1. The average molecular weight is 276 g/mol. The van der Waals surface area contributed by atoms with Crippen LogP contribution in [0.15, 0.2) is 24.3 Å². The Bertz CT molecular complexity index is 502. The maximum atomic E-state index is 12.4. The van der Waals surface area contributed by atoms with Gasteiger partial charge in [0.2, 0.25) is 0 Å². The molecule has 0 spiro atoms. The van der Waals surface area contributed by atoms with Gasteiger partial charge in [0.25, 0.3) is 0 Å². The van der Waals surface area contributed by atoms with Crippen molar-refractivity contribution < 1.29 is 14.7 Å². The van der Waals surface area contributed by atoms with Gasteiger partial charge in [0.15, 0.2) is 0 Å². The molecule has 108 valence electrons. The van der Waals surface area contributed by atoms with E-state index in [1.54, 1.807) is 16.8 Å². The largest absolute Gasteiger partial charge is 0.481 e. The molecule has 5 nitrogen and oxygen atoms in total. The van der Waals surface area contributed by atoms with Crippen LogP contribution in [0, 0.1) is 0 Å². The number of para-hydroxylation sites is 1. The van der Waals surface area contributed by atoms with Gasteiger partial charge in [-0.25, -0.2) is 4.79 Å². The molecule has 0 unspecified atom stereocenters. The summed E-state index contributed by atoms with van der Waals surface area (Å²) in [5, 5.41) is 8.63. The highest BCUT2D eigenvalue weighted by molar-refractivity contribution is 5.93. The molecule has 0 bridgehead atoms. The average Bonchev–Trinajstić information content (AvgIpc) is 2.45. The Balaban J connectivity index is 2.01. The van der Waals surface area contributed by atoms with Gasteiger partial charge in [0.05, 0.1) is 0 Å². The van der Waals surface area contributed by atoms with Gasteiger partial charge in [0.1, 0.15) is 0 Å². The predicted octanol–water partition coefficient (Wildman–Crippen LogP) is 2.36. The molecule has 5 heteroatoms. The highest BCUT2D eigenvalue weighted by Gasteiger charge is 2.24. The van der Waals surface area contributed by atoms with E-state index in [-0.39, 0.29) is 12.5 Å². The number of aryl methyl sites for hydroxylation is 1. The Labute approximate surface area is 118 Å². The van der Waals surface area contributed by atoms with Gasteiger partial charge < -0.3 is 10.0 Å². The highest BCUT2D eigenvalue weighted by Crippen LogP contribution is 2.27. The number of aliphatic carboxylic acids is 1. The zero-order valence-electron chi connectivity index (χ0n) is 11.7. The fourth-order valence-electron chi connectivity index (χ4n) is 2.50. The van der Waals surface area contributed by atoms with Gasteiger partial charge in [-0.15, -0.1) is 0 Å². The van der Waals surface area contributed by atoms with E-state index < -0.39 is 5.97 Å². The van der Waals surface area contributed by atoms with Crippen molar-refractivity contribution in [3.63, 3.8) is 0 Å². The quantitative estimate of drug-likeness (QED) is 0.918. The number of nitrogens with zero attached hydrogens (tertiary/aromatic N) is 2. The first kappa shape index (κ1) is 14.4. The predicted molar refractivity (Wildman–Crippen MR) is 77.0 cm³/mol. The van der Waals surface area contributed by atoms with Crippen LogP contribution < -0.4 is 4.90 Å². The van der Waals surface area contributed by atoms with Crippen LogP contribution in [0.2, 0.25) is 0 Å². The van der Waals surface area contributed by atoms with Crippen LogP contribution in [-0.2, 0) is 11.2 Å². The number of carbonyl (C=O) groups excluding carboxylic acids is 1. The second kappa shape index (κ2) is 6.41. The van der Waals surface area contributed by atoms with E-state index in [2.05, 4.69) is 6.07 Å². The van der Waals surface area contributed by atoms with Gasteiger partial charge in [-0.05, 0) is 30.9 Å². The van der Waals surface area contributed by atoms with Gasteiger partial charge in [0, 0.05) is 32.2 Å². The summed E-state index contributed by atoms with van der Waals surface area (Å²) in [6, 6.07) is 7.90. The third-order valence-corrected chi connectivity index (χ3v) is 3.55. The minimum Gasteiger partial charge on any atom is -0.481 e. The van der Waals surface area contributed by atoms with E-state index in [1.165, 1.54) is 5.56 Å². The molecule has 0 aliphatic carbocycles. The Kier molecular flexibility index (Phi) is 4.61. The summed E-state index contributed by atoms with van der Waals surface area (Å²) in [7, 11) is 1.72. The topological polar surface area (TPSA) is 60.9 Å². The summed E-state index contributed by atoms with van der Waals surface area (Å²) in [6.45, 7) is 1.18. The molecule has 1 aromatic rings. The molecule has 1 heterocycles. The highest BCUT2D eigenvalue weighted by atomic mass is 16.4. The molecule has 0 radical (unpaired) electrons. The standard InChI is InChI=1S/C15H20N2O3/c1-16(10-5-9-14(18)19)15(20)17-11-4-7-12-6-2-3-8-13(12)17/h2-3,6,8H,4-5,7,9-11H2,1H3,(H,18,19). The fraction of sp³-hybridized carbons (Fsp3) is 0.467. The first-order valence-corrected chi connectivity index (χ1v) is 6.92. The van der Waals surface area contributed by atoms with E-state index in [0.717, 1.165) is 25.1 Å². The number of carbonyl (C=O) groups is 2. The molecule has 1 N–H and O–H groups in total. The molecule has 2 rings (SSSR count). The smallest absolute Gasteiger partial charge is 0.324 e. The van der Waals surface area contributed by atoms with Crippen LogP contribution in [0.1, 0.15) is 24.8 Å². The summed E-state index contributed by atoms with van der Waals surface area (Å²) in [5.74, 6) is -0.825. The lowest BCUT2D eigenvalue weighted by atomic mass is 10.0. The number of anilines is 1. The van der Waals surface area contributed by atoms with E-state index in [9.17, 15) is 9.59 Å². The maximum Gasteiger partial charge on any atom is 0.324 e. The van der Waals surface area contributed by atoms with Gasteiger partial charge >= 0.3 is 12.0 Å². The van der Waals surface area contributed by atoms with E-state index >= 15 is 0 Å². The lowest BCUT2D eigenvalue weighted by molar-refractivity contribution is -0.137. The van der Waals surface area contributed by atoms with E-state index in [1.807, 2.05) is 18.2 Å². The molecular weight excluding hydrogens is 256 g/mol. The molecule has 1 aromatic carbocycles. The number of carboxylic acids is 1. The Morgan fingerprint density at radius 1 is 1.35 bits per heavy atom. The van der Waals surface area contributed by atoms with Crippen molar-refractivity contribution in [2.24, 2.45) is 0 Å². The monoisotopic (exact) mass is 276 g/mol. The fourth-order valence-corrected chi connectivity index (χ4v) is 2.50. The van der Waals surface area contributed by atoms with Crippen molar-refractivity contribution >= 4 is 17.7 Å². The second-order valence-corrected chi connectivity index (χ2v) is 5.09. The summed E-state index contributed by atoms with van der Waals surface area (Å²) >= 11 is 0. The molecule has 0 saturated heterocycles. The number of fused-ring (bicyclic) bond motifs is 1. The molecule has 2 amide bonds. The normalized spacial score (nSPS) is 13.8. The van der Waals surface area contributed by atoms with Crippen molar-refractivity contribution in [1.29, 1.82) is 0 Å². The van der Waals surface area contributed by atoms with Gasteiger partial charge in [-0.2, -0.15) is 0 Å². The van der Waals surface area contributed by atoms with Crippen molar-refractivity contribution in [3.05, 3.63) is 29.8 Å². The first-order chi connectivity index (χ1) is 9.59. The number of hydrogen-bond acceptors (Lipinski definition) is 2. The zero-order valence-corrected chi connectivity index (χ0v) is 11.7. The number of hydrogen-bond donors (Lipinski definition) is 1. The van der Waals surface area contributed by atoms with Crippen LogP contribution in [0.4, 0.5) is 10.5 Å². The first-order valence-electron chi connectivity index (χ1n) is 6.92. The maximum absolute atomic E-state index is 12.4. The Morgan fingerprint density at radius 2 is 2.10 bits per heavy atom. The minimum absolute atomic E-state index is 0.0532. The molecule has 1 aliphatic heterocycles. The van der Waals surface area contributed by atoms with Crippen molar-refractivity contribution in [1.82, 2.24) is 4.90 Å². The second-order valence-electron chi connectivity index (χ2n) is 5.09. The molecular formula is C15H20N2O3. The van der Waals surface area contributed by atoms with Crippen LogP contribution >= 0.6 is 0 Å². The van der Waals surface area contributed by atoms with Crippen molar-refractivity contribution in [3.8, 4) is 0 Å². The van der Waals surface area contributed by atoms with Crippen molar-refractivity contribution in [2.75, 3.05) is 25.0 Å². The van der Waals surface area contributed by atoms with Gasteiger partial charge in [-0.1, -0.05) is 18.2 Å². The molecule has 0 saturated carbocycles. The molecule has 20 heavy (non-hydrogen) atoms. The third-order valence-electron chi connectivity index (χ3n) is 3.55. The lowest BCUT2D eigenvalue weighted by Gasteiger charge is -2.32. The lowest BCUT2D eigenvalue weighted by Crippen LogP contribution is -2.44. The summed E-state index contributed by atoms with van der Waals surface area (Å²) in [6.07, 6.45) is 2.54. The summed E-state index contributed by atoms with van der Waals surface area (Å²) in [4.78, 5) is 26.3. The number of urea groups is 1. The molecule has 0 atom stereocenters. The number of amides is 2. The summed E-state index contributed by atoms with van der Waals surface area (Å²) in [5.41, 5.74) is 2.18. The van der Waals surface area contributed by atoms with Crippen LogP contribution in [0.5, 0.6) is 0 Å². The Hall–Kier alpha value is -2.04. The zero-order chi connectivity index (χ0) is 14.5.